The van der Waals surface area contributed by atoms with E-state index in [0.29, 0.717) is 29.2 Å². The van der Waals surface area contributed by atoms with Crippen LogP contribution in [0, 0.1) is 0 Å². The third-order valence-electron chi connectivity index (χ3n) is 5.84. The minimum atomic E-state index is 0.117. The van der Waals surface area contributed by atoms with Gasteiger partial charge in [-0.25, -0.2) is 19.9 Å². The lowest BCUT2D eigenvalue weighted by Gasteiger charge is -2.36. The lowest BCUT2D eigenvalue weighted by atomic mass is 10.1. The van der Waals surface area contributed by atoms with Crippen LogP contribution in [-0.4, -0.2) is 54.8 Å². The predicted molar refractivity (Wildman–Crippen MR) is 122 cm³/mol. The Morgan fingerprint density at radius 3 is 2.71 bits per heavy atom. The highest BCUT2D eigenvalue weighted by atomic mass is 16.5. The second kappa shape index (κ2) is 9.13. The molecule has 0 amide bonds. The normalized spacial score (nSPS) is 20.3. The lowest BCUT2D eigenvalue weighted by molar-refractivity contribution is -0.0176. The molecule has 1 aliphatic rings. The summed E-state index contributed by atoms with van der Waals surface area (Å²) in [6.07, 6.45) is 9.69. The summed E-state index contributed by atoms with van der Waals surface area (Å²) in [7, 11) is 0. The second-order valence-corrected chi connectivity index (χ2v) is 8.40. The first-order valence-corrected chi connectivity index (χ1v) is 11.2. The zero-order valence-corrected chi connectivity index (χ0v) is 18.8. The number of imidazole rings is 1. The molecule has 3 unspecified atom stereocenters. The molecular weight excluding hydrogens is 392 g/mol. The van der Waals surface area contributed by atoms with Gasteiger partial charge in [-0.3, -0.25) is 0 Å². The van der Waals surface area contributed by atoms with Crippen LogP contribution in [0.1, 0.15) is 59.4 Å². The first-order valence-electron chi connectivity index (χ1n) is 11.2. The maximum absolute atomic E-state index is 6.04. The molecule has 0 saturated carbocycles. The van der Waals surface area contributed by atoms with Crippen LogP contribution in [0.2, 0.25) is 0 Å². The van der Waals surface area contributed by atoms with E-state index in [9.17, 15) is 0 Å². The summed E-state index contributed by atoms with van der Waals surface area (Å²) < 4.78 is 8.20. The minimum absolute atomic E-state index is 0.117. The van der Waals surface area contributed by atoms with E-state index in [2.05, 4.69) is 52.1 Å². The molecule has 1 saturated heterocycles. The SMILES string of the molecule is CCCCC(C)n1cnc2c(-c3cnc(N)cn3)nc(N3CC(C)OC(CC)C3)nc21. The molecule has 166 valence electrons. The summed E-state index contributed by atoms with van der Waals surface area (Å²) in [5.74, 6) is 1.06. The Hall–Kier alpha value is -2.81. The topological polar surface area (TPSA) is 108 Å². The summed E-state index contributed by atoms with van der Waals surface area (Å²) in [5.41, 5.74) is 8.64. The van der Waals surface area contributed by atoms with E-state index in [1.807, 2.05) is 6.33 Å². The summed E-state index contributed by atoms with van der Waals surface area (Å²) in [6, 6.07) is 0.296. The van der Waals surface area contributed by atoms with Crippen molar-refractivity contribution in [1.29, 1.82) is 0 Å². The van der Waals surface area contributed by atoms with Crippen LogP contribution in [0.25, 0.3) is 22.6 Å². The monoisotopic (exact) mass is 424 g/mol. The lowest BCUT2D eigenvalue weighted by Crippen LogP contribution is -2.47. The highest BCUT2D eigenvalue weighted by Crippen LogP contribution is 2.30. The predicted octanol–water partition coefficient (Wildman–Crippen LogP) is 3.62. The fourth-order valence-corrected chi connectivity index (χ4v) is 4.08. The molecule has 4 heterocycles. The molecule has 31 heavy (non-hydrogen) atoms. The smallest absolute Gasteiger partial charge is 0.228 e. The van der Waals surface area contributed by atoms with Gasteiger partial charge in [0.05, 0.1) is 30.9 Å². The highest BCUT2D eigenvalue weighted by molar-refractivity contribution is 5.87. The number of hydrogen-bond donors (Lipinski definition) is 1. The average molecular weight is 425 g/mol. The summed E-state index contributed by atoms with van der Waals surface area (Å²) in [6.45, 7) is 10.2. The van der Waals surface area contributed by atoms with Gasteiger partial charge < -0.3 is 19.9 Å². The molecule has 0 aromatic carbocycles. The van der Waals surface area contributed by atoms with E-state index >= 15 is 0 Å². The molecule has 1 aliphatic heterocycles. The van der Waals surface area contributed by atoms with Crippen LogP contribution >= 0.6 is 0 Å². The van der Waals surface area contributed by atoms with Gasteiger partial charge in [-0.1, -0.05) is 26.7 Å². The first kappa shape index (κ1) is 21.4. The molecule has 1 fully saturated rings. The van der Waals surface area contributed by atoms with Crippen molar-refractivity contribution < 1.29 is 4.74 Å². The second-order valence-electron chi connectivity index (χ2n) is 8.40. The first-order chi connectivity index (χ1) is 15.0. The largest absolute Gasteiger partial charge is 0.382 e. The van der Waals surface area contributed by atoms with Crippen molar-refractivity contribution >= 4 is 22.9 Å². The molecule has 0 bridgehead atoms. The van der Waals surface area contributed by atoms with E-state index in [4.69, 9.17) is 20.4 Å². The molecule has 0 radical (unpaired) electrons. The van der Waals surface area contributed by atoms with E-state index in [1.165, 1.54) is 0 Å². The molecule has 9 nitrogen and oxygen atoms in total. The van der Waals surface area contributed by atoms with Gasteiger partial charge in [0.15, 0.2) is 5.65 Å². The number of nitrogen functional groups attached to an aromatic ring is 1. The number of anilines is 2. The number of hydrogen-bond acceptors (Lipinski definition) is 8. The zero-order chi connectivity index (χ0) is 22.0. The zero-order valence-electron chi connectivity index (χ0n) is 18.8. The number of nitrogens with two attached hydrogens (primary N) is 1. The molecule has 2 N–H and O–H groups in total. The van der Waals surface area contributed by atoms with Gasteiger partial charge in [-0.2, -0.15) is 4.98 Å². The van der Waals surface area contributed by atoms with Crippen molar-refractivity contribution in [2.75, 3.05) is 23.7 Å². The number of fused-ring (bicyclic) bond motifs is 1. The van der Waals surface area contributed by atoms with E-state index < -0.39 is 0 Å². The Balaban J connectivity index is 1.83. The Bertz CT molecular complexity index is 1020. The molecule has 0 aliphatic carbocycles. The standard InChI is InChI=1S/C22H32N8O/c1-5-7-8-14(3)30-13-26-20-19(17-9-25-18(23)10-24-17)27-22(28-21(20)30)29-11-15(4)31-16(6-2)12-29/h9-10,13-16H,5-8,11-12H2,1-4H3,(H2,23,25). The Kier molecular flexibility index (Phi) is 6.31. The van der Waals surface area contributed by atoms with Crippen LogP contribution in [-0.2, 0) is 4.74 Å². The number of rotatable bonds is 7. The van der Waals surface area contributed by atoms with Gasteiger partial charge in [0.1, 0.15) is 22.7 Å². The van der Waals surface area contributed by atoms with Gasteiger partial charge in [0.2, 0.25) is 5.95 Å². The van der Waals surface area contributed by atoms with Crippen LogP contribution in [0.3, 0.4) is 0 Å². The molecule has 3 aromatic heterocycles. The number of aromatic nitrogens is 6. The average Bonchev–Trinajstić information content (AvgIpc) is 3.21. The molecule has 4 rings (SSSR count). The van der Waals surface area contributed by atoms with Crippen molar-refractivity contribution in [3.8, 4) is 11.4 Å². The molecule has 9 heteroatoms. The van der Waals surface area contributed by atoms with Crippen LogP contribution in [0.4, 0.5) is 11.8 Å². The third kappa shape index (κ3) is 4.46. The molecular formula is C22H32N8O. The van der Waals surface area contributed by atoms with Gasteiger partial charge in [-0.05, 0) is 26.7 Å². The van der Waals surface area contributed by atoms with Crippen LogP contribution in [0.5, 0.6) is 0 Å². The molecule has 3 atom stereocenters. The van der Waals surface area contributed by atoms with Gasteiger partial charge >= 0.3 is 0 Å². The maximum atomic E-state index is 6.04. The minimum Gasteiger partial charge on any atom is -0.382 e. The van der Waals surface area contributed by atoms with Gasteiger partial charge in [-0.15, -0.1) is 0 Å². The van der Waals surface area contributed by atoms with Crippen LogP contribution < -0.4 is 10.6 Å². The number of ether oxygens (including phenoxy) is 1. The van der Waals surface area contributed by atoms with Gasteiger partial charge in [0.25, 0.3) is 0 Å². The molecule has 3 aromatic rings. The van der Waals surface area contributed by atoms with Crippen molar-refractivity contribution in [2.45, 2.75) is 71.6 Å². The quantitative estimate of drug-likeness (QED) is 0.613. The number of unbranched alkanes of at least 4 members (excludes halogenated alkanes) is 1. The Morgan fingerprint density at radius 2 is 2.00 bits per heavy atom. The number of morpholine rings is 1. The fourth-order valence-electron chi connectivity index (χ4n) is 4.08. The summed E-state index contributed by atoms with van der Waals surface area (Å²) >= 11 is 0. The van der Waals surface area contributed by atoms with Crippen molar-refractivity contribution in [3.63, 3.8) is 0 Å². The fraction of sp³-hybridized carbons (Fsp3) is 0.591. The summed E-state index contributed by atoms with van der Waals surface area (Å²) in [5, 5.41) is 0. The third-order valence-corrected chi connectivity index (χ3v) is 5.84. The maximum Gasteiger partial charge on any atom is 0.228 e. The van der Waals surface area contributed by atoms with Crippen molar-refractivity contribution in [1.82, 2.24) is 29.5 Å². The van der Waals surface area contributed by atoms with E-state index in [-0.39, 0.29) is 12.2 Å². The van der Waals surface area contributed by atoms with Crippen molar-refractivity contribution in [2.24, 2.45) is 0 Å². The number of nitrogens with zero attached hydrogens (tertiary/aromatic N) is 7. The van der Waals surface area contributed by atoms with Gasteiger partial charge in [0, 0.05) is 19.1 Å². The highest BCUT2D eigenvalue weighted by Gasteiger charge is 2.28. The Labute approximate surface area is 183 Å². The van der Waals surface area contributed by atoms with E-state index in [0.717, 1.165) is 49.9 Å². The Morgan fingerprint density at radius 1 is 1.16 bits per heavy atom. The van der Waals surface area contributed by atoms with Crippen molar-refractivity contribution in [3.05, 3.63) is 18.7 Å². The molecule has 0 spiro atoms. The van der Waals surface area contributed by atoms with E-state index in [1.54, 1.807) is 12.4 Å². The van der Waals surface area contributed by atoms with Crippen LogP contribution in [0.15, 0.2) is 18.7 Å². The summed E-state index contributed by atoms with van der Waals surface area (Å²) in [4.78, 5) is 25.4.